The van der Waals surface area contributed by atoms with Crippen molar-refractivity contribution in [2.24, 2.45) is 0 Å². The fourth-order valence-corrected chi connectivity index (χ4v) is 2.36. The molecule has 21 heavy (non-hydrogen) atoms. The third-order valence-electron chi connectivity index (χ3n) is 2.85. The summed E-state index contributed by atoms with van der Waals surface area (Å²) in [5, 5.41) is 0.192. The van der Waals surface area contributed by atoms with Gasteiger partial charge in [0.2, 0.25) is 5.88 Å². The number of hydrogen-bond donors (Lipinski definition) is 0. The minimum atomic E-state index is -2.86. The lowest BCUT2D eigenvalue weighted by Gasteiger charge is -2.14. The van der Waals surface area contributed by atoms with Gasteiger partial charge in [0, 0.05) is 15.4 Å². The molecule has 2 rings (SSSR count). The highest BCUT2D eigenvalue weighted by Gasteiger charge is 2.28. The van der Waals surface area contributed by atoms with E-state index in [2.05, 4.69) is 20.9 Å². The van der Waals surface area contributed by atoms with Crippen LogP contribution in [0.3, 0.4) is 0 Å². The predicted octanol–water partition coefficient (Wildman–Crippen LogP) is 4.12. The van der Waals surface area contributed by atoms with E-state index >= 15 is 0 Å². The van der Waals surface area contributed by atoms with E-state index in [0.29, 0.717) is 9.99 Å². The van der Waals surface area contributed by atoms with Crippen LogP contribution in [0.4, 0.5) is 8.78 Å². The van der Waals surface area contributed by atoms with E-state index in [0.717, 1.165) is 0 Å². The molecule has 0 saturated heterocycles. The molecule has 7 heteroatoms. The molecule has 0 aliphatic carbocycles. The molecule has 0 aliphatic rings. The lowest BCUT2D eigenvalue weighted by atomic mass is 10.0. The smallest absolute Gasteiger partial charge is 0.344 e. The lowest BCUT2D eigenvalue weighted by molar-refractivity contribution is 0.0511. The molecule has 0 radical (unpaired) electrons. The summed E-state index contributed by atoms with van der Waals surface area (Å²) in [4.78, 5) is 16.1. The van der Waals surface area contributed by atoms with Crippen molar-refractivity contribution in [1.29, 1.82) is 0 Å². The van der Waals surface area contributed by atoms with E-state index in [9.17, 15) is 13.6 Å². The van der Waals surface area contributed by atoms with Crippen LogP contribution in [0, 0.1) is 0 Å². The van der Waals surface area contributed by atoms with Crippen LogP contribution >= 0.6 is 15.9 Å². The first-order valence-electron chi connectivity index (χ1n) is 6.12. The Kier molecular flexibility index (Phi) is 4.72. The van der Waals surface area contributed by atoms with Crippen LogP contribution in [0.15, 0.2) is 22.7 Å². The van der Waals surface area contributed by atoms with Crippen molar-refractivity contribution in [3.63, 3.8) is 0 Å². The number of aromatic nitrogens is 1. The van der Waals surface area contributed by atoms with E-state index in [1.165, 1.54) is 13.2 Å². The molecule has 2 aromatic rings. The first kappa shape index (κ1) is 15.6. The first-order valence-corrected chi connectivity index (χ1v) is 6.91. The maximum atomic E-state index is 13.5. The van der Waals surface area contributed by atoms with Gasteiger partial charge in [-0.3, -0.25) is 0 Å². The second kappa shape index (κ2) is 6.34. The van der Waals surface area contributed by atoms with Gasteiger partial charge < -0.3 is 9.47 Å². The number of nitrogens with zero attached hydrogens (tertiary/aromatic N) is 1. The van der Waals surface area contributed by atoms with Gasteiger partial charge in [0.25, 0.3) is 6.43 Å². The Morgan fingerprint density at radius 2 is 2.14 bits per heavy atom. The summed E-state index contributed by atoms with van der Waals surface area (Å²) in [5.74, 6) is -1.05. The summed E-state index contributed by atoms with van der Waals surface area (Å²) in [6.07, 6.45) is -2.86. The molecule has 1 aromatic heterocycles. The van der Waals surface area contributed by atoms with Crippen molar-refractivity contribution in [2.45, 2.75) is 13.3 Å². The summed E-state index contributed by atoms with van der Waals surface area (Å²) in [6, 6.07) is 4.67. The van der Waals surface area contributed by atoms with Gasteiger partial charge in [-0.1, -0.05) is 22.0 Å². The molecular weight excluding hydrogens is 348 g/mol. The fraction of sp³-hybridized carbons (Fsp3) is 0.286. The highest BCUT2D eigenvalue weighted by atomic mass is 79.9. The van der Waals surface area contributed by atoms with Crippen LogP contribution in [0.1, 0.15) is 29.3 Å². The first-order chi connectivity index (χ1) is 9.99. The number of carbonyl (C=O) groups is 1. The van der Waals surface area contributed by atoms with Crippen molar-refractivity contribution in [3.05, 3.63) is 33.8 Å². The van der Waals surface area contributed by atoms with Crippen LogP contribution in [0.5, 0.6) is 5.88 Å². The van der Waals surface area contributed by atoms with Crippen LogP contribution in [0.25, 0.3) is 10.9 Å². The quantitative estimate of drug-likeness (QED) is 0.770. The standard InChI is InChI=1S/C14H12BrF2NO3/c1-3-21-14(19)11-10(12(16)17)8-5-4-7(15)6-9(8)18-13(11)20-2/h4-6,12H,3H2,1-2H3. The maximum Gasteiger partial charge on any atom is 0.344 e. The molecule has 0 atom stereocenters. The van der Waals surface area contributed by atoms with Crippen molar-refractivity contribution in [2.75, 3.05) is 13.7 Å². The van der Waals surface area contributed by atoms with Crippen molar-refractivity contribution >= 4 is 32.8 Å². The van der Waals surface area contributed by atoms with Crippen LogP contribution in [-0.2, 0) is 4.74 Å². The Bertz CT molecular complexity index is 691. The molecular formula is C14H12BrF2NO3. The topological polar surface area (TPSA) is 48.4 Å². The Morgan fingerprint density at radius 1 is 1.43 bits per heavy atom. The Balaban J connectivity index is 2.83. The van der Waals surface area contributed by atoms with Gasteiger partial charge in [-0.25, -0.2) is 18.6 Å². The number of esters is 1. The third kappa shape index (κ3) is 2.97. The van der Waals surface area contributed by atoms with Gasteiger partial charge in [-0.2, -0.15) is 0 Å². The number of fused-ring (bicyclic) bond motifs is 1. The molecule has 1 heterocycles. The average molecular weight is 360 g/mol. The number of rotatable bonds is 4. The summed E-state index contributed by atoms with van der Waals surface area (Å²) >= 11 is 3.25. The predicted molar refractivity (Wildman–Crippen MR) is 76.9 cm³/mol. The molecule has 112 valence electrons. The molecule has 0 unspecified atom stereocenters. The number of halogens is 3. The SMILES string of the molecule is CCOC(=O)c1c(OC)nc2cc(Br)ccc2c1C(F)F. The zero-order chi connectivity index (χ0) is 15.6. The second-order valence-corrected chi connectivity index (χ2v) is 5.01. The summed E-state index contributed by atoms with van der Waals surface area (Å²) in [5.41, 5.74) is -0.448. The van der Waals surface area contributed by atoms with Gasteiger partial charge in [-0.15, -0.1) is 0 Å². The van der Waals surface area contributed by atoms with E-state index in [4.69, 9.17) is 9.47 Å². The van der Waals surface area contributed by atoms with E-state index in [-0.39, 0.29) is 23.4 Å². The van der Waals surface area contributed by atoms with Crippen LogP contribution in [-0.4, -0.2) is 24.7 Å². The van der Waals surface area contributed by atoms with Gasteiger partial charge in [-0.05, 0) is 19.1 Å². The fourth-order valence-electron chi connectivity index (χ4n) is 2.02. The Hall–Kier alpha value is -1.76. The minimum Gasteiger partial charge on any atom is -0.480 e. The zero-order valence-corrected chi connectivity index (χ0v) is 12.9. The summed E-state index contributed by atoms with van der Waals surface area (Å²) < 4.78 is 37.5. The molecule has 4 nitrogen and oxygen atoms in total. The Morgan fingerprint density at radius 3 is 2.71 bits per heavy atom. The highest BCUT2D eigenvalue weighted by Crippen LogP contribution is 2.36. The van der Waals surface area contributed by atoms with Gasteiger partial charge >= 0.3 is 5.97 Å². The van der Waals surface area contributed by atoms with E-state index in [1.54, 1.807) is 19.1 Å². The third-order valence-corrected chi connectivity index (χ3v) is 3.34. The van der Waals surface area contributed by atoms with Crippen molar-refractivity contribution < 1.29 is 23.0 Å². The molecule has 0 amide bonds. The van der Waals surface area contributed by atoms with Crippen LogP contribution in [0.2, 0.25) is 0 Å². The minimum absolute atomic E-state index is 0.0725. The molecule has 0 spiro atoms. The van der Waals surface area contributed by atoms with Crippen molar-refractivity contribution in [3.8, 4) is 5.88 Å². The number of carbonyl (C=O) groups excluding carboxylic acids is 1. The number of alkyl halides is 2. The van der Waals surface area contributed by atoms with E-state index in [1.807, 2.05) is 0 Å². The average Bonchev–Trinajstić information content (AvgIpc) is 2.44. The largest absolute Gasteiger partial charge is 0.480 e. The molecule has 0 saturated carbocycles. The number of methoxy groups -OCH3 is 1. The van der Waals surface area contributed by atoms with Crippen LogP contribution < -0.4 is 4.74 Å². The zero-order valence-electron chi connectivity index (χ0n) is 11.3. The molecule has 1 aromatic carbocycles. The normalized spacial score (nSPS) is 11.0. The summed E-state index contributed by atoms with van der Waals surface area (Å²) in [6.45, 7) is 1.67. The van der Waals surface area contributed by atoms with Gasteiger partial charge in [0.15, 0.2) is 0 Å². The highest BCUT2D eigenvalue weighted by molar-refractivity contribution is 9.10. The molecule has 0 bridgehead atoms. The van der Waals surface area contributed by atoms with Gasteiger partial charge in [0.05, 0.1) is 19.2 Å². The second-order valence-electron chi connectivity index (χ2n) is 4.09. The summed E-state index contributed by atoms with van der Waals surface area (Å²) in [7, 11) is 1.27. The molecule has 0 aliphatic heterocycles. The number of hydrogen-bond acceptors (Lipinski definition) is 4. The molecule has 0 fully saturated rings. The molecule has 0 N–H and O–H groups in total. The number of benzene rings is 1. The lowest BCUT2D eigenvalue weighted by Crippen LogP contribution is -2.12. The van der Waals surface area contributed by atoms with E-state index < -0.39 is 18.0 Å². The van der Waals surface area contributed by atoms with Crippen molar-refractivity contribution in [1.82, 2.24) is 4.98 Å². The number of pyridine rings is 1. The van der Waals surface area contributed by atoms with Gasteiger partial charge in [0.1, 0.15) is 5.56 Å². The maximum absolute atomic E-state index is 13.5. The Labute approximate surface area is 128 Å². The number of ether oxygens (including phenoxy) is 2. The monoisotopic (exact) mass is 359 g/mol.